The van der Waals surface area contributed by atoms with E-state index in [0.29, 0.717) is 11.3 Å². The van der Waals surface area contributed by atoms with Gasteiger partial charge in [0, 0.05) is 32.4 Å². The van der Waals surface area contributed by atoms with Gasteiger partial charge in [-0.05, 0) is 30.3 Å². The summed E-state index contributed by atoms with van der Waals surface area (Å²) in [6.07, 6.45) is 0. The Morgan fingerprint density at radius 1 is 1.00 bits per heavy atom. The molecule has 1 amide bonds. The van der Waals surface area contributed by atoms with Gasteiger partial charge < -0.3 is 15.5 Å². The summed E-state index contributed by atoms with van der Waals surface area (Å²) in [7, 11) is 5.40. The third kappa shape index (κ3) is 2.74. The molecule has 0 radical (unpaired) electrons. The molecule has 4 nitrogen and oxygen atoms in total. The number of hydrogen-bond donors (Lipinski definition) is 1. The van der Waals surface area contributed by atoms with Crippen molar-refractivity contribution in [3.63, 3.8) is 0 Å². The molecule has 0 aliphatic heterocycles. The van der Waals surface area contributed by atoms with E-state index in [9.17, 15) is 4.79 Å². The molecule has 0 aliphatic carbocycles. The molecule has 2 aromatic carbocycles. The van der Waals surface area contributed by atoms with Crippen molar-refractivity contribution in [1.82, 2.24) is 4.90 Å². The van der Waals surface area contributed by atoms with Gasteiger partial charge in [-0.3, -0.25) is 4.79 Å². The van der Waals surface area contributed by atoms with E-state index in [1.165, 1.54) is 4.90 Å². The zero-order chi connectivity index (χ0) is 14.7. The Hall–Kier alpha value is -2.49. The molecule has 4 heteroatoms. The third-order valence-electron chi connectivity index (χ3n) is 3.19. The van der Waals surface area contributed by atoms with Crippen LogP contribution in [-0.2, 0) is 0 Å². The number of para-hydroxylation sites is 1. The zero-order valence-electron chi connectivity index (χ0n) is 12.0. The van der Waals surface area contributed by atoms with Crippen LogP contribution in [-0.4, -0.2) is 32.0 Å². The van der Waals surface area contributed by atoms with Crippen molar-refractivity contribution >= 4 is 23.0 Å². The van der Waals surface area contributed by atoms with E-state index in [1.807, 2.05) is 48.3 Å². The number of anilines is 3. The Morgan fingerprint density at radius 3 is 2.20 bits per heavy atom. The number of nitrogens with zero attached hydrogens (tertiary/aromatic N) is 2. The third-order valence-corrected chi connectivity index (χ3v) is 3.19. The van der Waals surface area contributed by atoms with E-state index in [0.717, 1.165) is 11.4 Å². The van der Waals surface area contributed by atoms with Crippen LogP contribution in [0.4, 0.5) is 17.1 Å². The lowest BCUT2D eigenvalue weighted by Crippen LogP contribution is -2.22. The molecule has 0 saturated carbocycles. The Kier molecular flexibility index (Phi) is 3.94. The summed E-state index contributed by atoms with van der Waals surface area (Å²) in [5.41, 5.74) is 9.20. The number of rotatable bonds is 3. The smallest absolute Gasteiger partial charge is 0.253 e. The highest BCUT2D eigenvalue weighted by Crippen LogP contribution is 2.29. The molecule has 2 rings (SSSR count). The van der Waals surface area contributed by atoms with Gasteiger partial charge in [-0.25, -0.2) is 0 Å². The monoisotopic (exact) mass is 269 g/mol. The van der Waals surface area contributed by atoms with Crippen LogP contribution in [0, 0.1) is 0 Å². The first-order valence-electron chi connectivity index (χ1n) is 6.40. The van der Waals surface area contributed by atoms with Gasteiger partial charge in [0.2, 0.25) is 0 Å². The largest absolute Gasteiger partial charge is 0.397 e. The van der Waals surface area contributed by atoms with Crippen LogP contribution in [0.5, 0.6) is 0 Å². The van der Waals surface area contributed by atoms with Crippen molar-refractivity contribution in [3.05, 3.63) is 54.1 Å². The molecule has 0 aromatic heterocycles. The highest BCUT2D eigenvalue weighted by atomic mass is 16.2. The average Bonchev–Trinajstić information content (AvgIpc) is 2.46. The number of nitrogens with two attached hydrogens (primary N) is 1. The van der Waals surface area contributed by atoms with Crippen molar-refractivity contribution in [2.75, 3.05) is 31.8 Å². The first-order valence-corrected chi connectivity index (χ1v) is 6.40. The Bertz CT molecular complexity index is 608. The molecule has 20 heavy (non-hydrogen) atoms. The van der Waals surface area contributed by atoms with Gasteiger partial charge in [0.15, 0.2) is 0 Å². The molecule has 0 heterocycles. The van der Waals surface area contributed by atoms with Crippen molar-refractivity contribution in [3.8, 4) is 0 Å². The maximum Gasteiger partial charge on any atom is 0.253 e. The van der Waals surface area contributed by atoms with Crippen LogP contribution in [0.1, 0.15) is 10.4 Å². The van der Waals surface area contributed by atoms with Gasteiger partial charge >= 0.3 is 0 Å². The van der Waals surface area contributed by atoms with Gasteiger partial charge in [-0.1, -0.05) is 18.2 Å². The molecule has 2 N–H and O–H groups in total. The van der Waals surface area contributed by atoms with Gasteiger partial charge in [0.25, 0.3) is 5.91 Å². The first-order chi connectivity index (χ1) is 9.50. The molecular weight excluding hydrogens is 250 g/mol. The quantitative estimate of drug-likeness (QED) is 0.872. The molecule has 104 valence electrons. The fourth-order valence-corrected chi connectivity index (χ4v) is 2.04. The highest BCUT2D eigenvalue weighted by molar-refractivity contribution is 5.96. The summed E-state index contributed by atoms with van der Waals surface area (Å²) >= 11 is 0. The molecule has 2 aromatic rings. The lowest BCUT2D eigenvalue weighted by Gasteiger charge is -2.22. The van der Waals surface area contributed by atoms with E-state index in [1.54, 1.807) is 26.2 Å². The molecule has 0 atom stereocenters. The first kappa shape index (κ1) is 13.9. The Balaban J connectivity index is 2.33. The molecule has 0 unspecified atom stereocenters. The average molecular weight is 269 g/mol. The van der Waals surface area contributed by atoms with Gasteiger partial charge in [-0.2, -0.15) is 0 Å². The number of hydrogen-bond acceptors (Lipinski definition) is 3. The van der Waals surface area contributed by atoms with E-state index in [4.69, 9.17) is 5.73 Å². The minimum atomic E-state index is -0.0504. The van der Waals surface area contributed by atoms with Gasteiger partial charge in [0.05, 0.1) is 11.4 Å². The van der Waals surface area contributed by atoms with Crippen molar-refractivity contribution in [2.24, 2.45) is 0 Å². The molecular formula is C16H19N3O. The fraction of sp³-hybridized carbons (Fsp3) is 0.188. The zero-order valence-corrected chi connectivity index (χ0v) is 12.0. The van der Waals surface area contributed by atoms with Crippen LogP contribution in [0.25, 0.3) is 0 Å². The van der Waals surface area contributed by atoms with Crippen LogP contribution < -0.4 is 10.6 Å². The maximum absolute atomic E-state index is 11.9. The predicted molar refractivity (Wildman–Crippen MR) is 83.4 cm³/mol. The van der Waals surface area contributed by atoms with Crippen molar-refractivity contribution in [1.29, 1.82) is 0 Å². The molecule has 0 bridgehead atoms. The van der Waals surface area contributed by atoms with Crippen molar-refractivity contribution in [2.45, 2.75) is 0 Å². The summed E-state index contributed by atoms with van der Waals surface area (Å²) in [5.74, 6) is -0.0504. The second-order valence-corrected chi connectivity index (χ2v) is 4.87. The second-order valence-electron chi connectivity index (χ2n) is 4.87. The molecule has 0 spiro atoms. The number of carbonyl (C=O) groups excluding carboxylic acids is 1. The fourth-order valence-electron chi connectivity index (χ4n) is 2.04. The van der Waals surface area contributed by atoms with E-state index < -0.39 is 0 Å². The lowest BCUT2D eigenvalue weighted by atomic mass is 10.1. The SMILES string of the molecule is CN(C)C(=O)c1ccc(N(C)c2ccccc2)c(N)c1. The van der Waals surface area contributed by atoms with E-state index in [-0.39, 0.29) is 5.91 Å². The lowest BCUT2D eigenvalue weighted by molar-refractivity contribution is 0.0827. The van der Waals surface area contributed by atoms with Crippen molar-refractivity contribution < 1.29 is 4.79 Å². The summed E-state index contributed by atoms with van der Waals surface area (Å²) in [4.78, 5) is 15.4. The van der Waals surface area contributed by atoms with Gasteiger partial charge in [0.1, 0.15) is 0 Å². The van der Waals surface area contributed by atoms with Crippen LogP contribution in [0.15, 0.2) is 48.5 Å². The normalized spacial score (nSPS) is 10.2. The Labute approximate surface area is 119 Å². The minimum Gasteiger partial charge on any atom is -0.397 e. The Morgan fingerprint density at radius 2 is 1.65 bits per heavy atom. The summed E-state index contributed by atoms with van der Waals surface area (Å²) in [5, 5.41) is 0. The predicted octanol–water partition coefficient (Wildman–Crippen LogP) is 2.74. The highest BCUT2D eigenvalue weighted by Gasteiger charge is 2.12. The number of nitrogen functional groups attached to an aromatic ring is 1. The van der Waals surface area contributed by atoms with E-state index >= 15 is 0 Å². The van der Waals surface area contributed by atoms with Crippen LogP contribution in [0.3, 0.4) is 0 Å². The maximum atomic E-state index is 11.9. The molecule has 0 aliphatic rings. The van der Waals surface area contributed by atoms with Crippen LogP contribution in [0.2, 0.25) is 0 Å². The number of benzene rings is 2. The summed E-state index contributed by atoms with van der Waals surface area (Å²) in [6, 6.07) is 15.3. The van der Waals surface area contributed by atoms with Gasteiger partial charge in [-0.15, -0.1) is 0 Å². The summed E-state index contributed by atoms with van der Waals surface area (Å²) < 4.78 is 0. The van der Waals surface area contributed by atoms with Crippen LogP contribution >= 0.6 is 0 Å². The molecule has 0 saturated heterocycles. The van der Waals surface area contributed by atoms with E-state index in [2.05, 4.69) is 0 Å². The summed E-state index contributed by atoms with van der Waals surface area (Å²) in [6.45, 7) is 0. The number of carbonyl (C=O) groups is 1. The molecule has 0 fully saturated rings. The standard InChI is InChI=1S/C16H19N3O/c1-18(2)16(20)12-9-10-15(14(17)11-12)19(3)13-7-5-4-6-8-13/h4-11H,17H2,1-3H3. The number of amides is 1. The minimum absolute atomic E-state index is 0.0504. The topological polar surface area (TPSA) is 49.6 Å². The second kappa shape index (κ2) is 5.65.